The molecular formula is C56H34N4O. The lowest BCUT2D eigenvalue weighted by Gasteiger charge is -2.13. The van der Waals surface area contributed by atoms with E-state index in [9.17, 15) is 0 Å². The van der Waals surface area contributed by atoms with Crippen molar-refractivity contribution in [2.24, 2.45) is 0 Å². The lowest BCUT2D eigenvalue weighted by atomic mass is 10.0. The monoisotopic (exact) mass is 778 g/mol. The standard InChI is InChI=1S/C56H34N4O/c1-3-14-35(15-4-1)38-18-13-19-40(34-38)60-54-41(42-31-33-50-52(55(42)60)45-22-9-12-25-49(45)61-50)30-32-48-51(54)44-21-8-11-24-47(44)59(48)39-28-26-37(27-29-39)56-57-46-23-10-7-20-43(46)53(58-56)36-16-5-2-6-17-36/h1-34H. The number of nitrogens with zero attached hydrogens (tertiary/aromatic N) is 4. The molecule has 0 atom stereocenters. The smallest absolute Gasteiger partial charge is 0.160 e. The Morgan fingerprint density at radius 1 is 0.344 bits per heavy atom. The summed E-state index contributed by atoms with van der Waals surface area (Å²) in [4.78, 5) is 10.2. The zero-order chi connectivity index (χ0) is 40.0. The zero-order valence-electron chi connectivity index (χ0n) is 32.8. The lowest BCUT2D eigenvalue weighted by molar-refractivity contribution is 0.669. The molecule has 0 aliphatic carbocycles. The van der Waals surface area contributed by atoms with Gasteiger partial charge in [0.25, 0.3) is 0 Å². The third-order valence-electron chi connectivity index (χ3n) is 12.3. The second-order valence-electron chi connectivity index (χ2n) is 15.7. The van der Waals surface area contributed by atoms with Gasteiger partial charge in [0.05, 0.1) is 38.7 Å². The van der Waals surface area contributed by atoms with Crippen molar-refractivity contribution in [2.45, 2.75) is 0 Å². The van der Waals surface area contributed by atoms with Crippen LogP contribution in [0.3, 0.4) is 0 Å². The summed E-state index contributed by atoms with van der Waals surface area (Å²) in [6.07, 6.45) is 0. The number of hydrogen-bond donors (Lipinski definition) is 0. The van der Waals surface area contributed by atoms with Gasteiger partial charge in [0.2, 0.25) is 0 Å². The van der Waals surface area contributed by atoms with Crippen LogP contribution in [0.2, 0.25) is 0 Å². The van der Waals surface area contributed by atoms with Gasteiger partial charge in [-0.15, -0.1) is 0 Å². The summed E-state index contributed by atoms with van der Waals surface area (Å²) in [5, 5.41) is 8.04. The summed E-state index contributed by atoms with van der Waals surface area (Å²) in [5.74, 6) is 0.702. The van der Waals surface area contributed by atoms with E-state index in [1.165, 1.54) is 38.2 Å². The predicted molar refractivity (Wildman–Crippen MR) is 252 cm³/mol. The van der Waals surface area contributed by atoms with E-state index in [-0.39, 0.29) is 0 Å². The normalized spacial score (nSPS) is 11.9. The molecule has 61 heavy (non-hydrogen) atoms. The SMILES string of the molecule is c1ccc(-c2cccc(-n3c4c(ccc5oc6ccccc6c54)c4ccc5c(c6ccccc6n5-c5ccc(-c6nc(-c7ccccc7)c7ccccc7n6)cc5)c43)c2)cc1. The van der Waals surface area contributed by atoms with E-state index in [0.29, 0.717) is 5.82 Å². The molecule has 0 N–H and O–H groups in total. The minimum Gasteiger partial charge on any atom is -0.456 e. The van der Waals surface area contributed by atoms with Gasteiger partial charge < -0.3 is 13.6 Å². The van der Waals surface area contributed by atoms with Gasteiger partial charge in [-0.3, -0.25) is 0 Å². The van der Waals surface area contributed by atoms with Crippen molar-refractivity contribution in [3.63, 3.8) is 0 Å². The molecule has 13 rings (SSSR count). The van der Waals surface area contributed by atoms with E-state index < -0.39 is 0 Å². The number of aromatic nitrogens is 4. The quantitative estimate of drug-likeness (QED) is 0.175. The second kappa shape index (κ2) is 13.1. The molecule has 0 fully saturated rings. The molecule has 0 radical (unpaired) electrons. The fraction of sp³-hybridized carbons (Fsp3) is 0. The second-order valence-corrected chi connectivity index (χ2v) is 15.7. The summed E-state index contributed by atoms with van der Waals surface area (Å²) in [7, 11) is 0. The molecule has 13 aromatic rings. The first-order valence-corrected chi connectivity index (χ1v) is 20.7. The molecule has 0 saturated carbocycles. The molecule has 0 saturated heterocycles. The minimum atomic E-state index is 0.702. The molecule has 0 bridgehead atoms. The number of rotatable bonds is 5. The molecule has 0 aliphatic heterocycles. The van der Waals surface area contributed by atoms with E-state index in [1.807, 2.05) is 24.3 Å². The number of benzene rings is 9. The van der Waals surface area contributed by atoms with E-state index in [4.69, 9.17) is 14.4 Å². The van der Waals surface area contributed by atoms with Crippen LogP contribution in [-0.4, -0.2) is 19.1 Å². The Kier molecular flexibility index (Phi) is 7.24. The predicted octanol–water partition coefficient (Wildman–Crippen LogP) is 14.7. The van der Waals surface area contributed by atoms with Crippen LogP contribution in [0.25, 0.3) is 122 Å². The minimum absolute atomic E-state index is 0.702. The largest absolute Gasteiger partial charge is 0.456 e. The maximum atomic E-state index is 6.53. The molecule has 0 amide bonds. The Labute approximate surface area is 350 Å². The van der Waals surface area contributed by atoms with Crippen LogP contribution in [0.1, 0.15) is 0 Å². The Morgan fingerprint density at radius 2 is 1.00 bits per heavy atom. The Hall–Kier alpha value is -8.28. The molecule has 0 aliphatic rings. The molecular weight excluding hydrogens is 745 g/mol. The average Bonchev–Trinajstić information content (AvgIpc) is 3.99. The first-order valence-electron chi connectivity index (χ1n) is 20.7. The highest BCUT2D eigenvalue weighted by molar-refractivity contribution is 6.31. The van der Waals surface area contributed by atoms with Crippen molar-refractivity contribution in [3.05, 3.63) is 206 Å². The summed E-state index contributed by atoms with van der Waals surface area (Å²) in [5.41, 5.74) is 14.7. The molecule has 4 aromatic heterocycles. The molecule has 0 spiro atoms. The summed E-state index contributed by atoms with van der Waals surface area (Å²) in [6, 6.07) is 73.1. The highest BCUT2D eigenvalue weighted by Gasteiger charge is 2.24. The number of furan rings is 1. The van der Waals surface area contributed by atoms with Crippen LogP contribution in [0, 0.1) is 0 Å². The van der Waals surface area contributed by atoms with Gasteiger partial charge in [0.15, 0.2) is 5.82 Å². The first kappa shape index (κ1) is 33.7. The first-order chi connectivity index (χ1) is 30.3. The van der Waals surface area contributed by atoms with Crippen molar-refractivity contribution < 1.29 is 4.42 Å². The Morgan fingerprint density at radius 3 is 1.82 bits per heavy atom. The number of fused-ring (bicyclic) bond motifs is 12. The van der Waals surface area contributed by atoms with E-state index in [2.05, 4.69) is 191 Å². The summed E-state index contributed by atoms with van der Waals surface area (Å²) >= 11 is 0. The fourth-order valence-corrected chi connectivity index (χ4v) is 9.62. The number of hydrogen-bond acceptors (Lipinski definition) is 3. The highest BCUT2D eigenvalue weighted by atomic mass is 16.3. The van der Waals surface area contributed by atoms with E-state index in [1.54, 1.807) is 0 Å². The summed E-state index contributed by atoms with van der Waals surface area (Å²) < 4.78 is 11.4. The van der Waals surface area contributed by atoms with Gasteiger partial charge in [-0.2, -0.15) is 0 Å². The van der Waals surface area contributed by atoms with Crippen molar-refractivity contribution >= 4 is 76.5 Å². The van der Waals surface area contributed by atoms with Crippen LogP contribution in [0.4, 0.5) is 0 Å². The maximum absolute atomic E-state index is 6.53. The molecule has 284 valence electrons. The van der Waals surface area contributed by atoms with Crippen LogP contribution in [0.5, 0.6) is 0 Å². The lowest BCUT2D eigenvalue weighted by Crippen LogP contribution is -1.97. The molecule has 5 heteroatoms. The topological polar surface area (TPSA) is 48.8 Å². The van der Waals surface area contributed by atoms with Crippen LogP contribution in [-0.2, 0) is 0 Å². The van der Waals surface area contributed by atoms with Crippen LogP contribution < -0.4 is 0 Å². The van der Waals surface area contributed by atoms with Gasteiger partial charge in [-0.1, -0.05) is 133 Å². The molecule has 9 aromatic carbocycles. The molecule has 5 nitrogen and oxygen atoms in total. The number of para-hydroxylation sites is 3. The van der Waals surface area contributed by atoms with Crippen LogP contribution in [0.15, 0.2) is 211 Å². The van der Waals surface area contributed by atoms with Gasteiger partial charge >= 0.3 is 0 Å². The van der Waals surface area contributed by atoms with Crippen LogP contribution >= 0.6 is 0 Å². The van der Waals surface area contributed by atoms with Crippen molar-refractivity contribution in [3.8, 4) is 45.1 Å². The maximum Gasteiger partial charge on any atom is 0.160 e. The fourth-order valence-electron chi connectivity index (χ4n) is 9.62. The Balaban J connectivity index is 1.07. The van der Waals surface area contributed by atoms with Crippen molar-refractivity contribution in [1.82, 2.24) is 19.1 Å². The van der Waals surface area contributed by atoms with Crippen molar-refractivity contribution in [1.29, 1.82) is 0 Å². The average molecular weight is 779 g/mol. The van der Waals surface area contributed by atoms with Gasteiger partial charge in [-0.05, 0) is 83.9 Å². The van der Waals surface area contributed by atoms with E-state index in [0.717, 1.165) is 77.6 Å². The molecule has 4 heterocycles. The zero-order valence-corrected chi connectivity index (χ0v) is 32.8. The summed E-state index contributed by atoms with van der Waals surface area (Å²) in [6.45, 7) is 0. The van der Waals surface area contributed by atoms with Gasteiger partial charge in [-0.25, -0.2) is 9.97 Å². The molecule has 0 unspecified atom stereocenters. The van der Waals surface area contributed by atoms with Gasteiger partial charge in [0.1, 0.15) is 11.2 Å². The third-order valence-corrected chi connectivity index (χ3v) is 12.3. The Bertz CT molecular complexity index is 3860. The highest BCUT2D eigenvalue weighted by Crippen LogP contribution is 2.46. The third kappa shape index (κ3) is 5.08. The van der Waals surface area contributed by atoms with Gasteiger partial charge in [0, 0.05) is 54.8 Å². The van der Waals surface area contributed by atoms with E-state index >= 15 is 0 Å². The van der Waals surface area contributed by atoms with Crippen molar-refractivity contribution in [2.75, 3.05) is 0 Å².